The average Bonchev–Trinajstić information content (AvgIpc) is 3.07. The molecule has 0 aliphatic rings. The molecule has 28 heavy (non-hydrogen) atoms. The molecule has 1 rings (SSSR count). The first kappa shape index (κ1) is 27.1. The standard InChI is InChI=1S/C20H39N2.CH4O4S/c1-3-4-5-6-7-8-9-10-11-12-13-14-15-16-19-22-20-17-18-21(22)2;1-5-6(2,3)4/h17-18,20H,3-16,19H2,1-2H3;1H3,(H,2,3,4)/q+1;/p-1. The van der Waals surface area contributed by atoms with Gasteiger partial charge in [0, 0.05) is 12.5 Å². The molecule has 166 valence electrons. The third kappa shape index (κ3) is 18.4. The van der Waals surface area contributed by atoms with Crippen LogP contribution in [0.3, 0.4) is 0 Å². The molecule has 0 bridgehead atoms. The van der Waals surface area contributed by atoms with Gasteiger partial charge in [-0.05, 0) is 6.42 Å². The summed E-state index contributed by atoms with van der Waals surface area (Å²) in [6, 6.07) is 2.11. The van der Waals surface area contributed by atoms with Crippen molar-refractivity contribution >= 4 is 10.4 Å². The third-order valence-corrected chi connectivity index (χ3v) is 5.32. The Hall–Kier alpha value is -0.920. The number of hydrogen-bond donors (Lipinski definition) is 0. The Morgan fingerprint density at radius 1 is 0.857 bits per heavy atom. The van der Waals surface area contributed by atoms with Crippen molar-refractivity contribution in [1.29, 1.82) is 0 Å². The van der Waals surface area contributed by atoms with Gasteiger partial charge >= 0.3 is 0 Å². The third-order valence-electron chi connectivity index (χ3n) is 4.91. The van der Waals surface area contributed by atoms with Gasteiger partial charge in [0.25, 0.3) is 0 Å². The van der Waals surface area contributed by atoms with Crippen LogP contribution in [0.4, 0.5) is 0 Å². The molecule has 0 spiro atoms. The van der Waals surface area contributed by atoms with Gasteiger partial charge in [0.1, 0.15) is 0 Å². The van der Waals surface area contributed by atoms with Crippen molar-refractivity contribution in [2.45, 2.75) is 103 Å². The molecule has 0 aliphatic heterocycles. The first-order chi connectivity index (χ1) is 13.4. The lowest BCUT2D eigenvalue weighted by Crippen LogP contribution is -2.40. The lowest BCUT2D eigenvalue weighted by Gasteiger charge is -2.03. The van der Waals surface area contributed by atoms with Crippen LogP contribution in [0.5, 0.6) is 0 Å². The summed E-state index contributed by atoms with van der Waals surface area (Å²) in [5.41, 5.74) is 0. The van der Waals surface area contributed by atoms with Crippen LogP contribution in [0.15, 0.2) is 18.5 Å². The highest BCUT2D eigenvalue weighted by Crippen LogP contribution is 2.12. The summed E-state index contributed by atoms with van der Waals surface area (Å²) in [4.78, 5) is 0. The summed E-state index contributed by atoms with van der Waals surface area (Å²) in [6.07, 6.45) is 24.3. The monoisotopic (exact) mass is 418 g/mol. The van der Waals surface area contributed by atoms with Gasteiger partial charge in [0.05, 0.1) is 20.4 Å². The number of aryl methyl sites for hydroxylation is 2. The van der Waals surface area contributed by atoms with Crippen molar-refractivity contribution in [3.05, 3.63) is 18.5 Å². The number of unbranched alkanes of at least 4 members (excludes halogenated alkanes) is 13. The van der Waals surface area contributed by atoms with Gasteiger partial charge in [-0.2, -0.15) is 4.68 Å². The van der Waals surface area contributed by atoms with Gasteiger partial charge in [-0.25, -0.2) is 8.42 Å². The van der Waals surface area contributed by atoms with Crippen LogP contribution in [-0.2, 0) is 28.2 Å². The van der Waals surface area contributed by atoms with E-state index >= 15 is 0 Å². The van der Waals surface area contributed by atoms with Gasteiger partial charge in [0.2, 0.25) is 10.4 Å². The van der Waals surface area contributed by atoms with E-state index in [0.29, 0.717) is 0 Å². The van der Waals surface area contributed by atoms with Crippen LogP contribution in [0.1, 0.15) is 96.8 Å². The summed E-state index contributed by atoms with van der Waals surface area (Å²) in [5.74, 6) is 0. The number of hydrogen-bond acceptors (Lipinski definition) is 4. The van der Waals surface area contributed by atoms with Gasteiger partial charge in [-0.1, -0.05) is 84.0 Å². The highest BCUT2D eigenvalue weighted by molar-refractivity contribution is 7.80. The van der Waals surface area contributed by atoms with Crippen LogP contribution in [-0.4, -0.2) is 24.8 Å². The predicted molar refractivity (Wildman–Crippen MR) is 113 cm³/mol. The maximum atomic E-state index is 9.22. The highest BCUT2D eigenvalue weighted by Gasteiger charge is 2.02. The van der Waals surface area contributed by atoms with Gasteiger partial charge in [0.15, 0.2) is 12.7 Å². The molecule has 0 amide bonds. The van der Waals surface area contributed by atoms with Crippen LogP contribution in [0.2, 0.25) is 0 Å². The highest BCUT2D eigenvalue weighted by atomic mass is 32.3. The topological polar surface area (TPSA) is 75.2 Å². The van der Waals surface area contributed by atoms with Crippen molar-refractivity contribution in [3.8, 4) is 0 Å². The minimum atomic E-state index is -4.41. The maximum Gasteiger partial charge on any atom is 0.217 e. The number of aromatic nitrogens is 2. The van der Waals surface area contributed by atoms with E-state index in [1.54, 1.807) is 0 Å². The molecule has 0 saturated carbocycles. The quantitative estimate of drug-likeness (QED) is 0.166. The Kier molecular flexibility index (Phi) is 17.5. The molecule has 0 saturated heterocycles. The van der Waals surface area contributed by atoms with Gasteiger partial charge < -0.3 is 4.55 Å². The first-order valence-corrected chi connectivity index (χ1v) is 12.3. The maximum absolute atomic E-state index is 9.22. The Bertz CT molecular complexity index is 559. The summed E-state index contributed by atoms with van der Waals surface area (Å²) in [5, 5.41) is 0. The van der Waals surface area contributed by atoms with Crippen molar-refractivity contribution in [2.75, 3.05) is 7.11 Å². The Morgan fingerprint density at radius 3 is 1.57 bits per heavy atom. The van der Waals surface area contributed by atoms with Crippen molar-refractivity contribution < 1.29 is 21.8 Å². The molecule has 6 nitrogen and oxygen atoms in total. The summed E-state index contributed by atoms with van der Waals surface area (Å²) in [6.45, 7) is 3.46. The van der Waals surface area contributed by atoms with E-state index in [9.17, 15) is 13.0 Å². The minimum absolute atomic E-state index is 0.808. The van der Waals surface area contributed by atoms with Crippen LogP contribution in [0, 0.1) is 0 Å². The average molecular weight is 419 g/mol. The summed E-state index contributed by atoms with van der Waals surface area (Å²) in [7, 11) is -1.49. The zero-order valence-electron chi connectivity index (χ0n) is 18.3. The van der Waals surface area contributed by atoms with E-state index in [-0.39, 0.29) is 0 Å². The van der Waals surface area contributed by atoms with Crippen LogP contribution < -0.4 is 4.68 Å². The van der Waals surface area contributed by atoms with Crippen LogP contribution in [0.25, 0.3) is 0 Å². The molecular weight excluding hydrogens is 376 g/mol. The molecular formula is C21H42N2O4S. The van der Waals surface area contributed by atoms with Gasteiger partial charge in [-0.3, -0.25) is 4.18 Å². The molecule has 1 heterocycles. The molecule has 0 N–H and O–H groups in total. The molecule has 7 heteroatoms. The van der Waals surface area contributed by atoms with E-state index in [4.69, 9.17) is 0 Å². The Labute approximate surface area is 173 Å². The lowest BCUT2D eigenvalue weighted by molar-refractivity contribution is -0.773. The molecule has 0 aliphatic carbocycles. The van der Waals surface area contributed by atoms with Crippen molar-refractivity contribution in [3.63, 3.8) is 0 Å². The number of nitrogens with zero attached hydrogens (tertiary/aromatic N) is 2. The number of rotatable bonds is 16. The molecule has 0 unspecified atom stereocenters. The van der Waals surface area contributed by atoms with Crippen molar-refractivity contribution in [1.82, 2.24) is 4.68 Å². The zero-order chi connectivity index (χ0) is 21.1. The van der Waals surface area contributed by atoms with Crippen LogP contribution >= 0.6 is 0 Å². The second kappa shape index (κ2) is 18.1. The van der Waals surface area contributed by atoms with E-state index in [1.807, 2.05) is 0 Å². The molecule has 1 aromatic heterocycles. The van der Waals surface area contributed by atoms with E-state index in [1.165, 1.54) is 96.4 Å². The normalized spacial score (nSPS) is 11.3. The lowest BCUT2D eigenvalue weighted by atomic mass is 10.0. The molecule has 1 aromatic rings. The fourth-order valence-electron chi connectivity index (χ4n) is 3.15. The fourth-order valence-corrected chi connectivity index (χ4v) is 3.15. The Morgan fingerprint density at radius 2 is 1.25 bits per heavy atom. The minimum Gasteiger partial charge on any atom is -0.726 e. The fraction of sp³-hybridized carbons (Fsp3) is 0.857. The van der Waals surface area contributed by atoms with E-state index in [0.717, 1.165) is 7.11 Å². The molecule has 0 radical (unpaired) electrons. The van der Waals surface area contributed by atoms with E-state index < -0.39 is 10.4 Å². The second-order valence-corrected chi connectivity index (χ2v) is 8.55. The smallest absolute Gasteiger partial charge is 0.217 e. The first-order valence-electron chi connectivity index (χ1n) is 10.9. The largest absolute Gasteiger partial charge is 0.726 e. The second-order valence-electron chi connectivity index (χ2n) is 7.40. The van der Waals surface area contributed by atoms with Gasteiger partial charge in [-0.15, -0.1) is 4.68 Å². The molecule has 0 aromatic carbocycles. The zero-order valence-corrected chi connectivity index (χ0v) is 19.1. The van der Waals surface area contributed by atoms with Crippen molar-refractivity contribution in [2.24, 2.45) is 7.05 Å². The summed E-state index contributed by atoms with van der Waals surface area (Å²) < 4.78 is 35.5. The molecule has 0 fully saturated rings. The predicted octanol–water partition coefficient (Wildman–Crippen LogP) is 4.89. The Balaban J connectivity index is 0.00000105. The SMILES string of the molecule is CCCCCCCCCCCCCCCC[n+]1cccn1C.COS(=O)(=O)[O-]. The van der Waals surface area contributed by atoms with E-state index in [2.05, 4.69) is 46.0 Å². The summed E-state index contributed by atoms with van der Waals surface area (Å²) >= 11 is 0. The molecule has 0 atom stereocenters.